The van der Waals surface area contributed by atoms with Crippen molar-refractivity contribution in [2.24, 2.45) is 13.0 Å². The molecule has 2 aromatic heterocycles. The monoisotopic (exact) mass is 683 g/mol. The van der Waals surface area contributed by atoms with Gasteiger partial charge in [0.15, 0.2) is 0 Å². The highest BCUT2D eigenvalue weighted by Gasteiger charge is 2.54. The number of rotatable bonds is 12. The maximum atomic E-state index is 13.6. The number of aliphatic carboxylic acids is 1. The van der Waals surface area contributed by atoms with Crippen LogP contribution >= 0.6 is 23.5 Å². The molecule has 3 atom stereocenters. The number of urea groups is 1. The highest BCUT2D eigenvalue weighted by atomic mass is 32.2. The highest BCUT2D eigenvalue weighted by Crippen LogP contribution is 2.41. The molecular weight excluding hydrogens is 655 g/mol. The van der Waals surface area contributed by atoms with Crippen LogP contribution in [0.15, 0.2) is 51.7 Å². The molecule has 0 spiro atoms. The van der Waals surface area contributed by atoms with Crippen molar-refractivity contribution in [1.82, 2.24) is 45.7 Å². The summed E-state index contributed by atoms with van der Waals surface area (Å²) in [5, 5.41) is 41.3. The number of hydrogen-bond donors (Lipinski definition) is 7. The van der Waals surface area contributed by atoms with E-state index < -0.39 is 46.8 Å². The molecule has 3 aliphatic rings. The van der Waals surface area contributed by atoms with Crippen molar-refractivity contribution in [2.75, 3.05) is 28.7 Å². The third-order valence-corrected chi connectivity index (χ3v) is 10.0. The molecule has 1 saturated carbocycles. The predicted molar refractivity (Wildman–Crippen MR) is 168 cm³/mol. The zero-order valence-electron chi connectivity index (χ0n) is 24.7. The van der Waals surface area contributed by atoms with Crippen molar-refractivity contribution in [3.05, 3.63) is 57.6 Å². The summed E-state index contributed by atoms with van der Waals surface area (Å²) in [6, 6.07) is 2.14. The number of hydrogen-bond acceptors (Lipinski definition) is 13. The molecule has 6 rings (SSSR count). The molecule has 18 nitrogen and oxygen atoms in total. The van der Waals surface area contributed by atoms with Gasteiger partial charge >= 0.3 is 12.0 Å². The number of phenolic OH excluding ortho intramolecular Hbond substituents is 1. The topological polar surface area (TPSA) is 249 Å². The maximum Gasteiger partial charge on any atom is 0.352 e. The second kappa shape index (κ2) is 13.3. The Morgan fingerprint density at radius 1 is 1.19 bits per heavy atom. The van der Waals surface area contributed by atoms with E-state index in [9.17, 15) is 34.2 Å². The number of aromatic hydroxyl groups is 1. The third kappa shape index (κ3) is 7.02. The SMILES string of the molecule is Cn1nnnc1SCC1=C(C(=O)O)N2C(=O)C(NC(=O)[C@H](NC(=O)Nc3cnc(NCC4CC4)[nH]c3=O)c3ccc(O)cc3)[C@H]2SC1. The van der Waals surface area contributed by atoms with Crippen LogP contribution in [0, 0.1) is 5.92 Å². The lowest BCUT2D eigenvalue weighted by Gasteiger charge is -2.49. The first-order valence-electron chi connectivity index (χ1n) is 14.3. The van der Waals surface area contributed by atoms with Crippen LogP contribution in [0.1, 0.15) is 24.4 Å². The molecule has 20 heteroatoms. The number of thioether (sulfide) groups is 2. The molecular formula is C27H29N11O7S2. The number of carboxylic acids is 1. The first-order chi connectivity index (χ1) is 22.6. The van der Waals surface area contributed by atoms with Gasteiger partial charge in [-0.25, -0.2) is 19.3 Å². The summed E-state index contributed by atoms with van der Waals surface area (Å²) >= 11 is 2.52. The number of carbonyl (C=O) groups excluding carboxylic acids is 3. The Balaban J connectivity index is 1.14. The van der Waals surface area contributed by atoms with E-state index in [0.29, 0.717) is 23.2 Å². The number of tetrazole rings is 1. The number of H-pyrrole nitrogens is 1. The molecule has 4 heterocycles. The van der Waals surface area contributed by atoms with Gasteiger partial charge in [0.1, 0.15) is 34.6 Å². The summed E-state index contributed by atoms with van der Waals surface area (Å²) in [7, 11) is 1.65. The molecule has 1 saturated heterocycles. The van der Waals surface area contributed by atoms with Crippen molar-refractivity contribution >= 4 is 59.0 Å². The number of benzene rings is 1. The van der Waals surface area contributed by atoms with Crippen molar-refractivity contribution in [3.63, 3.8) is 0 Å². The molecule has 0 radical (unpaired) electrons. The fraction of sp³-hybridized carbons (Fsp3) is 0.370. The summed E-state index contributed by atoms with van der Waals surface area (Å²) in [5.74, 6) is -1.43. The van der Waals surface area contributed by atoms with Crippen LogP contribution in [0.25, 0.3) is 0 Å². The summed E-state index contributed by atoms with van der Waals surface area (Å²) in [5.41, 5.74) is -0.161. The number of fused-ring (bicyclic) bond motifs is 1. The van der Waals surface area contributed by atoms with Crippen LogP contribution in [0.3, 0.4) is 0 Å². The quantitative estimate of drug-likeness (QED) is 0.0997. The van der Waals surface area contributed by atoms with Crippen LogP contribution in [0.5, 0.6) is 5.75 Å². The van der Waals surface area contributed by atoms with Gasteiger partial charge in [-0.2, -0.15) is 0 Å². The molecule has 1 unspecified atom stereocenters. The van der Waals surface area contributed by atoms with Gasteiger partial charge in [-0.3, -0.25) is 24.3 Å². The van der Waals surface area contributed by atoms with Crippen molar-refractivity contribution in [3.8, 4) is 5.75 Å². The summed E-state index contributed by atoms with van der Waals surface area (Å²) in [6.07, 6.45) is 3.42. The Kier molecular flexibility index (Phi) is 9.03. The Hall–Kier alpha value is -5.11. The molecule has 246 valence electrons. The average molecular weight is 684 g/mol. The Bertz CT molecular complexity index is 1810. The first-order valence-corrected chi connectivity index (χ1v) is 16.4. The molecule has 2 aliphatic heterocycles. The van der Waals surface area contributed by atoms with Crippen LogP contribution in [0.4, 0.5) is 16.4 Å². The molecule has 7 N–H and O–H groups in total. The lowest BCUT2D eigenvalue weighted by Crippen LogP contribution is -2.71. The number of anilines is 2. The number of amides is 4. The number of aromatic nitrogens is 6. The molecule has 1 aliphatic carbocycles. The number of carbonyl (C=O) groups is 4. The standard InChI is InChI=1S/C27H29N11O7S2/c1-37-27(34-35-36-37)47-11-14-10-46-23-18(22(42)38(23)19(14)24(43)44)31-21(41)17(13-4-6-15(39)7-5-13)32-26(45)30-16-9-29-25(33-20(16)40)28-8-12-2-3-12/h4-7,9,12,17-18,23,39H,2-3,8,10-11H2,1H3,(H,31,41)(H,43,44)(H2,30,32,45)(H2,28,29,33,40)/t17-,18?,23-/m1/s1. The van der Waals surface area contributed by atoms with Crippen molar-refractivity contribution in [2.45, 2.75) is 35.5 Å². The van der Waals surface area contributed by atoms with Gasteiger partial charge in [0, 0.05) is 25.1 Å². The minimum absolute atomic E-state index is 0.0776. The molecule has 47 heavy (non-hydrogen) atoms. The highest BCUT2D eigenvalue weighted by molar-refractivity contribution is 8.01. The number of aryl methyl sites for hydroxylation is 1. The van der Waals surface area contributed by atoms with Gasteiger partial charge in [-0.05, 0) is 52.5 Å². The van der Waals surface area contributed by atoms with Crippen LogP contribution in [-0.4, -0.2) is 98.6 Å². The third-order valence-electron chi connectivity index (χ3n) is 7.57. The van der Waals surface area contributed by atoms with E-state index in [1.54, 1.807) is 7.05 Å². The predicted octanol–water partition coefficient (Wildman–Crippen LogP) is 0.215. The van der Waals surface area contributed by atoms with E-state index in [2.05, 4.69) is 46.8 Å². The number of nitrogens with one attached hydrogen (secondary N) is 5. The molecule has 1 aromatic carbocycles. The lowest BCUT2D eigenvalue weighted by atomic mass is 10.0. The molecule has 2 fully saturated rings. The Morgan fingerprint density at radius 3 is 2.62 bits per heavy atom. The van der Waals surface area contributed by atoms with Gasteiger partial charge in [-0.15, -0.1) is 16.9 Å². The molecule has 0 bridgehead atoms. The van der Waals surface area contributed by atoms with Crippen molar-refractivity contribution in [1.29, 1.82) is 0 Å². The van der Waals surface area contributed by atoms with Crippen molar-refractivity contribution < 1.29 is 29.4 Å². The van der Waals surface area contributed by atoms with E-state index in [0.717, 1.165) is 17.7 Å². The minimum Gasteiger partial charge on any atom is -0.508 e. The number of phenols is 1. The number of aromatic amines is 1. The second-order valence-corrected chi connectivity index (χ2v) is 13.0. The lowest BCUT2D eigenvalue weighted by molar-refractivity contribution is -0.150. The van der Waals surface area contributed by atoms with Crippen LogP contribution in [0.2, 0.25) is 0 Å². The van der Waals surface area contributed by atoms with E-state index in [1.807, 2.05) is 0 Å². The smallest absolute Gasteiger partial charge is 0.352 e. The van der Waals surface area contributed by atoms with E-state index >= 15 is 0 Å². The number of β-lactam (4-membered cyclic amide) rings is 1. The van der Waals surface area contributed by atoms with E-state index in [-0.39, 0.29) is 40.2 Å². The summed E-state index contributed by atoms with van der Waals surface area (Å²) < 4.78 is 1.45. The average Bonchev–Trinajstić information content (AvgIpc) is 3.80. The first kappa shape index (κ1) is 31.9. The second-order valence-electron chi connectivity index (χ2n) is 10.9. The molecule has 4 amide bonds. The van der Waals surface area contributed by atoms with E-state index in [4.69, 9.17) is 0 Å². The van der Waals surface area contributed by atoms with Crippen LogP contribution in [-0.2, 0) is 21.4 Å². The number of carboxylic acid groups (broad SMARTS) is 1. The Labute approximate surface area is 274 Å². The van der Waals surface area contributed by atoms with Gasteiger partial charge in [0.05, 0.1) is 6.20 Å². The van der Waals surface area contributed by atoms with Gasteiger partial charge in [-0.1, -0.05) is 23.9 Å². The summed E-state index contributed by atoms with van der Waals surface area (Å²) in [6.45, 7) is 0.677. The summed E-state index contributed by atoms with van der Waals surface area (Å²) in [4.78, 5) is 72.5. The molecule has 3 aromatic rings. The number of nitrogens with zero attached hydrogens (tertiary/aromatic N) is 6. The van der Waals surface area contributed by atoms with Crippen LogP contribution < -0.4 is 26.8 Å². The fourth-order valence-corrected chi connectivity index (χ4v) is 7.25. The zero-order valence-corrected chi connectivity index (χ0v) is 26.3. The normalized spacial score (nSPS) is 19.3. The van der Waals surface area contributed by atoms with Gasteiger partial charge in [0.25, 0.3) is 11.5 Å². The minimum atomic E-state index is -1.36. The zero-order chi connectivity index (χ0) is 33.2. The van der Waals surface area contributed by atoms with Gasteiger partial charge in [0.2, 0.25) is 17.0 Å². The van der Waals surface area contributed by atoms with E-state index in [1.165, 1.54) is 58.7 Å². The fourth-order valence-electron chi connectivity index (χ4n) is 4.92. The van der Waals surface area contributed by atoms with Gasteiger partial charge < -0.3 is 31.5 Å². The maximum absolute atomic E-state index is 13.6. The largest absolute Gasteiger partial charge is 0.508 e. The Morgan fingerprint density at radius 2 is 1.96 bits per heavy atom.